The molecule has 1 fully saturated rings. The second-order valence-corrected chi connectivity index (χ2v) is 7.69. The van der Waals surface area contributed by atoms with Gasteiger partial charge in [-0.05, 0) is 67.0 Å². The number of fused-ring (bicyclic) bond motifs is 2. The highest BCUT2D eigenvalue weighted by Gasteiger charge is 2.25. The molecule has 2 aromatic heterocycles. The number of rotatable bonds is 4. The van der Waals surface area contributed by atoms with Crippen LogP contribution < -0.4 is 4.74 Å². The van der Waals surface area contributed by atoms with Crippen molar-refractivity contribution in [3.63, 3.8) is 0 Å². The standard InChI is InChI=1S/C23H24N4O2/c1-29-18-7-5-16-6-8-21(28)20(19(16)14-18)15-26-12-9-17(10-13-26)23-25-24-22-4-2-3-11-27(22)23/h2-8,11,14,17,28H,9-10,12-13,15H2,1H3. The second kappa shape index (κ2) is 7.37. The van der Waals surface area contributed by atoms with Gasteiger partial charge in [0.05, 0.1) is 7.11 Å². The summed E-state index contributed by atoms with van der Waals surface area (Å²) in [6, 6.07) is 15.8. The highest BCUT2D eigenvalue weighted by atomic mass is 16.5. The number of hydrogen-bond acceptors (Lipinski definition) is 5. The first kappa shape index (κ1) is 17.9. The Morgan fingerprint density at radius 1 is 1.07 bits per heavy atom. The van der Waals surface area contributed by atoms with Gasteiger partial charge in [0.15, 0.2) is 5.65 Å². The van der Waals surface area contributed by atoms with Gasteiger partial charge in [-0.3, -0.25) is 9.30 Å². The molecule has 2 aromatic carbocycles. The van der Waals surface area contributed by atoms with E-state index in [-0.39, 0.29) is 0 Å². The minimum absolute atomic E-state index is 0.344. The SMILES string of the molecule is COc1ccc2ccc(O)c(CN3CCC(c4nnc5ccccn45)CC3)c2c1. The average Bonchev–Trinajstić information content (AvgIpc) is 3.20. The lowest BCUT2D eigenvalue weighted by atomic mass is 9.95. The number of likely N-dealkylation sites (tertiary alicyclic amines) is 1. The zero-order chi connectivity index (χ0) is 19.8. The van der Waals surface area contributed by atoms with E-state index in [2.05, 4.69) is 19.5 Å². The lowest BCUT2D eigenvalue weighted by Gasteiger charge is -2.31. The summed E-state index contributed by atoms with van der Waals surface area (Å²) >= 11 is 0. The van der Waals surface area contributed by atoms with E-state index in [1.54, 1.807) is 13.2 Å². The van der Waals surface area contributed by atoms with Gasteiger partial charge in [-0.1, -0.05) is 18.2 Å². The van der Waals surface area contributed by atoms with Gasteiger partial charge >= 0.3 is 0 Å². The Morgan fingerprint density at radius 3 is 2.72 bits per heavy atom. The smallest absolute Gasteiger partial charge is 0.160 e. The van der Waals surface area contributed by atoms with Crippen LogP contribution in [0.2, 0.25) is 0 Å². The molecule has 0 saturated carbocycles. The first-order valence-corrected chi connectivity index (χ1v) is 10.0. The van der Waals surface area contributed by atoms with E-state index >= 15 is 0 Å². The van der Waals surface area contributed by atoms with E-state index in [1.807, 2.05) is 48.7 Å². The maximum absolute atomic E-state index is 10.5. The van der Waals surface area contributed by atoms with Crippen molar-refractivity contribution >= 4 is 16.4 Å². The fourth-order valence-corrected chi connectivity index (χ4v) is 4.35. The first-order chi connectivity index (χ1) is 14.2. The molecule has 3 heterocycles. The lowest BCUT2D eigenvalue weighted by molar-refractivity contribution is 0.200. The molecule has 0 amide bonds. The monoisotopic (exact) mass is 388 g/mol. The van der Waals surface area contributed by atoms with Crippen molar-refractivity contribution in [1.82, 2.24) is 19.5 Å². The normalized spacial score (nSPS) is 15.9. The third-order valence-corrected chi connectivity index (χ3v) is 5.99. The van der Waals surface area contributed by atoms with Gasteiger partial charge in [0.1, 0.15) is 17.3 Å². The molecule has 6 heteroatoms. The average molecular weight is 388 g/mol. The van der Waals surface area contributed by atoms with E-state index in [1.165, 1.54) is 0 Å². The Bertz CT molecular complexity index is 1160. The number of phenolic OH excluding ortho intramolecular Hbond substituents is 1. The summed E-state index contributed by atoms with van der Waals surface area (Å²) in [7, 11) is 1.67. The van der Waals surface area contributed by atoms with Gasteiger partial charge in [-0.2, -0.15) is 0 Å². The third-order valence-electron chi connectivity index (χ3n) is 5.99. The van der Waals surface area contributed by atoms with E-state index in [0.717, 1.165) is 66.0 Å². The van der Waals surface area contributed by atoms with Crippen molar-refractivity contribution in [2.45, 2.75) is 25.3 Å². The lowest BCUT2D eigenvalue weighted by Crippen LogP contribution is -2.33. The predicted octanol–water partition coefficient (Wildman–Crippen LogP) is 3.98. The van der Waals surface area contributed by atoms with E-state index in [4.69, 9.17) is 4.74 Å². The maximum atomic E-state index is 10.5. The van der Waals surface area contributed by atoms with Gasteiger partial charge < -0.3 is 9.84 Å². The zero-order valence-electron chi connectivity index (χ0n) is 16.5. The summed E-state index contributed by atoms with van der Waals surface area (Å²) in [5.74, 6) is 2.61. The van der Waals surface area contributed by atoms with E-state index in [0.29, 0.717) is 11.7 Å². The number of pyridine rings is 1. The van der Waals surface area contributed by atoms with Crippen LogP contribution in [0.3, 0.4) is 0 Å². The molecule has 5 rings (SSSR count). The molecule has 0 radical (unpaired) electrons. The third kappa shape index (κ3) is 3.29. The number of aromatic hydroxyl groups is 1. The van der Waals surface area contributed by atoms with Crippen LogP contribution in [0.1, 0.15) is 30.1 Å². The Balaban J connectivity index is 1.35. The van der Waals surface area contributed by atoms with Crippen LogP contribution in [-0.4, -0.2) is 44.8 Å². The molecule has 148 valence electrons. The maximum Gasteiger partial charge on any atom is 0.160 e. The highest BCUT2D eigenvalue weighted by Crippen LogP contribution is 2.33. The molecule has 0 unspecified atom stereocenters. The zero-order valence-corrected chi connectivity index (χ0v) is 16.5. The first-order valence-electron chi connectivity index (χ1n) is 10.0. The van der Waals surface area contributed by atoms with Crippen LogP contribution in [0, 0.1) is 0 Å². The van der Waals surface area contributed by atoms with Gasteiger partial charge in [0.2, 0.25) is 0 Å². The number of methoxy groups -OCH3 is 1. The van der Waals surface area contributed by atoms with Gasteiger partial charge in [0.25, 0.3) is 0 Å². The van der Waals surface area contributed by atoms with Gasteiger partial charge in [-0.25, -0.2) is 0 Å². The largest absolute Gasteiger partial charge is 0.508 e. The molecular formula is C23H24N4O2. The van der Waals surface area contributed by atoms with E-state index in [9.17, 15) is 5.11 Å². The molecule has 1 saturated heterocycles. The number of nitrogens with zero attached hydrogens (tertiary/aromatic N) is 4. The van der Waals surface area contributed by atoms with Crippen LogP contribution >= 0.6 is 0 Å². The summed E-state index contributed by atoms with van der Waals surface area (Å²) in [6.07, 6.45) is 4.10. The van der Waals surface area contributed by atoms with Crippen LogP contribution in [0.25, 0.3) is 16.4 Å². The molecule has 1 aliphatic heterocycles. The Labute approximate surface area is 169 Å². The van der Waals surface area contributed by atoms with Crippen LogP contribution in [0.4, 0.5) is 0 Å². The number of benzene rings is 2. The number of ether oxygens (including phenoxy) is 1. The number of piperidine rings is 1. The Hall–Kier alpha value is -3.12. The molecule has 0 spiro atoms. The van der Waals surface area contributed by atoms with Crippen molar-refractivity contribution in [2.75, 3.05) is 20.2 Å². The summed E-state index contributed by atoms with van der Waals surface area (Å²) in [5, 5.41) is 21.4. The minimum Gasteiger partial charge on any atom is -0.508 e. The van der Waals surface area contributed by atoms with Crippen molar-refractivity contribution < 1.29 is 9.84 Å². The summed E-state index contributed by atoms with van der Waals surface area (Å²) < 4.78 is 7.49. The van der Waals surface area contributed by atoms with Crippen LogP contribution in [-0.2, 0) is 6.54 Å². The number of phenols is 1. The van der Waals surface area contributed by atoms with E-state index < -0.39 is 0 Å². The molecule has 1 aliphatic rings. The van der Waals surface area contributed by atoms with Gasteiger partial charge in [-0.15, -0.1) is 10.2 Å². The van der Waals surface area contributed by atoms with Crippen molar-refractivity contribution in [2.24, 2.45) is 0 Å². The Morgan fingerprint density at radius 2 is 1.90 bits per heavy atom. The number of hydrogen-bond donors (Lipinski definition) is 1. The molecule has 0 atom stereocenters. The second-order valence-electron chi connectivity index (χ2n) is 7.69. The molecule has 0 aliphatic carbocycles. The fourth-order valence-electron chi connectivity index (χ4n) is 4.35. The Kier molecular flexibility index (Phi) is 4.56. The van der Waals surface area contributed by atoms with Crippen LogP contribution in [0.15, 0.2) is 54.7 Å². The van der Waals surface area contributed by atoms with Crippen LogP contribution in [0.5, 0.6) is 11.5 Å². The quantitative estimate of drug-likeness (QED) is 0.573. The minimum atomic E-state index is 0.344. The molecule has 4 aromatic rings. The topological polar surface area (TPSA) is 62.9 Å². The van der Waals surface area contributed by atoms with Crippen molar-refractivity contribution in [3.8, 4) is 11.5 Å². The number of aromatic nitrogens is 3. The highest BCUT2D eigenvalue weighted by molar-refractivity contribution is 5.88. The summed E-state index contributed by atoms with van der Waals surface area (Å²) in [5.41, 5.74) is 1.87. The fraction of sp³-hybridized carbons (Fsp3) is 0.304. The molecular weight excluding hydrogens is 364 g/mol. The van der Waals surface area contributed by atoms with Crippen molar-refractivity contribution in [1.29, 1.82) is 0 Å². The predicted molar refractivity (Wildman–Crippen MR) is 112 cm³/mol. The molecule has 29 heavy (non-hydrogen) atoms. The summed E-state index contributed by atoms with van der Waals surface area (Å²) in [4.78, 5) is 2.41. The van der Waals surface area contributed by atoms with Gasteiger partial charge in [0, 0.05) is 24.2 Å². The van der Waals surface area contributed by atoms with Crippen molar-refractivity contribution in [3.05, 3.63) is 66.1 Å². The summed E-state index contributed by atoms with van der Waals surface area (Å²) in [6.45, 7) is 2.65. The molecule has 0 bridgehead atoms. The molecule has 6 nitrogen and oxygen atoms in total. The molecule has 1 N–H and O–H groups in total.